The minimum atomic E-state index is 0.112. The first-order valence-corrected chi connectivity index (χ1v) is 5.78. The molecule has 0 saturated heterocycles. The van der Waals surface area contributed by atoms with Gasteiger partial charge in [0.2, 0.25) is 0 Å². The molecule has 1 aliphatic heterocycles. The Morgan fingerprint density at radius 2 is 1.65 bits per heavy atom. The van der Waals surface area contributed by atoms with Gasteiger partial charge in [0.05, 0.1) is 0 Å². The predicted molar refractivity (Wildman–Crippen MR) is 69.0 cm³/mol. The Kier molecular flexibility index (Phi) is 2.41. The van der Waals surface area contributed by atoms with Gasteiger partial charge in [0, 0.05) is 18.7 Å². The molecule has 0 atom stereocenters. The van der Waals surface area contributed by atoms with Crippen LogP contribution in [0.3, 0.4) is 0 Å². The smallest absolute Gasteiger partial charge is 0.254 e. The summed E-state index contributed by atoms with van der Waals surface area (Å²) in [5, 5.41) is 2.29. The fourth-order valence-corrected chi connectivity index (χ4v) is 2.15. The molecule has 0 saturated carbocycles. The van der Waals surface area contributed by atoms with E-state index in [-0.39, 0.29) is 5.91 Å². The van der Waals surface area contributed by atoms with Gasteiger partial charge >= 0.3 is 0 Å². The molecule has 0 aromatic heterocycles. The lowest BCUT2D eigenvalue weighted by Crippen LogP contribution is -2.28. The van der Waals surface area contributed by atoms with E-state index in [9.17, 15) is 4.79 Å². The first-order chi connectivity index (χ1) is 8.34. The summed E-state index contributed by atoms with van der Waals surface area (Å²) < 4.78 is 0. The highest BCUT2D eigenvalue weighted by Gasteiger charge is 2.16. The Balaban J connectivity index is 1.97. The van der Waals surface area contributed by atoms with Gasteiger partial charge in [-0.3, -0.25) is 4.79 Å². The molecule has 2 heteroatoms. The van der Waals surface area contributed by atoms with E-state index in [0.717, 1.165) is 24.0 Å². The third-order valence-electron chi connectivity index (χ3n) is 3.10. The van der Waals surface area contributed by atoms with Crippen LogP contribution in [0.5, 0.6) is 0 Å². The van der Waals surface area contributed by atoms with E-state index in [1.54, 1.807) is 0 Å². The van der Waals surface area contributed by atoms with Crippen LogP contribution in [0.15, 0.2) is 54.6 Å². The molecule has 84 valence electrons. The van der Waals surface area contributed by atoms with E-state index >= 15 is 0 Å². The van der Waals surface area contributed by atoms with Crippen molar-refractivity contribution in [3.8, 4) is 0 Å². The van der Waals surface area contributed by atoms with E-state index in [2.05, 4.69) is 6.07 Å². The zero-order chi connectivity index (χ0) is 11.7. The van der Waals surface area contributed by atoms with Crippen molar-refractivity contribution in [3.05, 3.63) is 60.2 Å². The Morgan fingerprint density at radius 1 is 0.941 bits per heavy atom. The molecule has 0 radical (unpaired) electrons. The summed E-state index contributed by atoms with van der Waals surface area (Å²) in [5.74, 6) is 0.112. The van der Waals surface area contributed by atoms with Crippen molar-refractivity contribution < 1.29 is 4.79 Å². The number of fused-ring (bicyclic) bond motifs is 1. The van der Waals surface area contributed by atoms with Gasteiger partial charge in [-0.25, -0.2) is 0 Å². The summed E-state index contributed by atoms with van der Waals surface area (Å²) in [4.78, 5) is 14.0. The average Bonchev–Trinajstić information content (AvgIpc) is 2.91. The van der Waals surface area contributed by atoms with Crippen molar-refractivity contribution >= 4 is 16.7 Å². The molecule has 0 spiro atoms. The molecule has 2 aromatic rings. The van der Waals surface area contributed by atoms with Gasteiger partial charge in [0.25, 0.3) is 5.91 Å². The van der Waals surface area contributed by atoms with E-state index in [1.807, 2.05) is 53.5 Å². The second kappa shape index (κ2) is 4.06. The topological polar surface area (TPSA) is 20.3 Å². The normalized spacial score (nSPS) is 14.5. The van der Waals surface area contributed by atoms with Crippen molar-refractivity contribution in [1.29, 1.82) is 0 Å². The van der Waals surface area contributed by atoms with Crippen LogP contribution in [-0.4, -0.2) is 23.9 Å². The zero-order valence-electron chi connectivity index (χ0n) is 9.47. The summed E-state index contributed by atoms with van der Waals surface area (Å²) in [6, 6.07) is 14.0. The number of hydrogen-bond acceptors (Lipinski definition) is 1. The van der Waals surface area contributed by atoms with Crippen LogP contribution in [-0.2, 0) is 0 Å². The van der Waals surface area contributed by atoms with E-state index in [4.69, 9.17) is 0 Å². The van der Waals surface area contributed by atoms with Gasteiger partial charge < -0.3 is 4.90 Å². The van der Waals surface area contributed by atoms with Gasteiger partial charge in [0.15, 0.2) is 0 Å². The molecular weight excluding hydrogens is 210 g/mol. The van der Waals surface area contributed by atoms with Crippen molar-refractivity contribution in [2.24, 2.45) is 0 Å². The van der Waals surface area contributed by atoms with E-state index in [0.29, 0.717) is 0 Å². The zero-order valence-corrected chi connectivity index (χ0v) is 9.47. The summed E-state index contributed by atoms with van der Waals surface area (Å²) >= 11 is 0. The lowest BCUT2D eigenvalue weighted by molar-refractivity contribution is 0.0800. The van der Waals surface area contributed by atoms with Crippen LogP contribution < -0.4 is 0 Å². The first kappa shape index (κ1) is 10.1. The lowest BCUT2D eigenvalue weighted by atomic mass is 10.1. The van der Waals surface area contributed by atoms with E-state index in [1.165, 1.54) is 5.39 Å². The second-order valence-electron chi connectivity index (χ2n) is 4.24. The Morgan fingerprint density at radius 3 is 2.41 bits per heavy atom. The standard InChI is InChI=1S/C15H13NO/c17-15(16-9-3-4-10-16)14-8-7-12-5-1-2-6-13(12)11-14/h1-8,11H,9-10H2. The summed E-state index contributed by atoms with van der Waals surface area (Å²) in [6.07, 6.45) is 4.05. The van der Waals surface area contributed by atoms with Crippen molar-refractivity contribution in [2.75, 3.05) is 13.1 Å². The minimum absolute atomic E-state index is 0.112. The number of hydrogen-bond donors (Lipinski definition) is 0. The number of carbonyl (C=O) groups is 1. The lowest BCUT2D eigenvalue weighted by Gasteiger charge is -2.15. The molecule has 1 amide bonds. The molecule has 0 fully saturated rings. The largest absolute Gasteiger partial charge is 0.331 e. The van der Waals surface area contributed by atoms with Crippen LogP contribution in [0.2, 0.25) is 0 Å². The highest BCUT2D eigenvalue weighted by atomic mass is 16.2. The monoisotopic (exact) mass is 223 g/mol. The molecule has 2 nitrogen and oxygen atoms in total. The first-order valence-electron chi connectivity index (χ1n) is 5.78. The maximum absolute atomic E-state index is 12.2. The van der Waals surface area contributed by atoms with Crippen LogP contribution in [0, 0.1) is 0 Å². The molecule has 1 heterocycles. The third-order valence-corrected chi connectivity index (χ3v) is 3.10. The molecule has 0 aliphatic carbocycles. The van der Waals surface area contributed by atoms with E-state index < -0.39 is 0 Å². The predicted octanol–water partition coefficient (Wildman–Crippen LogP) is 2.85. The van der Waals surface area contributed by atoms with Gasteiger partial charge in [-0.05, 0) is 22.9 Å². The second-order valence-corrected chi connectivity index (χ2v) is 4.24. The Hall–Kier alpha value is -2.09. The fraction of sp³-hybridized carbons (Fsp3) is 0.133. The molecule has 2 aromatic carbocycles. The SMILES string of the molecule is O=C(c1ccc2ccccc2c1)N1CC=CC1. The number of benzene rings is 2. The number of nitrogens with zero attached hydrogens (tertiary/aromatic N) is 1. The molecule has 0 unspecified atom stereocenters. The molecular formula is C15H13NO. The van der Waals surface area contributed by atoms with Gasteiger partial charge in [0.1, 0.15) is 0 Å². The quantitative estimate of drug-likeness (QED) is 0.681. The van der Waals surface area contributed by atoms with Crippen molar-refractivity contribution in [1.82, 2.24) is 4.90 Å². The maximum atomic E-state index is 12.2. The Labute approximate surface area is 100 Å². The molecule has 17 heavy (non-hydrogen) atoms. The number of carbonyl (C=O) groups excluding carboxylic acids is 1. The van der Waals surface area contributed by atoms with Crippen molar-refractivity contribution in [2.45, 2.75) is 0 Å². The third kappa shape index (κ3) is 1.82. The van der Waals surface area contributed by atoms with Gasteiger partial charge in [-0.2, -0.15) is 0 Å². The van der Waals surface area contributed by atoms with Crippen LogP contribution in [0.1, 0.15) is 10.4 Å². The van der Waals surface area contributed by atoms with Crippen LogP contribution in [0.25, 0.3) is 10.8 Å². The minimum Gasteiger partial charge on any atom is -0.331 e. The van der Waals surface area contributed by atoms with Crippen molar-refractivity contribution in [3.63, 3.8) is 0 Å². The van der Waals surface area contributed by atoms with Crippen LogP contribution in [0.4, 0.5) is 0 Å². The van der Waals surface area contributed by atoms with Gasteiger partial charge in [-0.15, -0.1) is 0 Å². The van der Waals surface area contributed by atoms with Crippen LogP contribution >= 0.6 is 0 Å². The van der Waals surface area contributed by atoms with Gasteiger partial charge in [-0.1, -0.05) is 42.5 Å². The molecule has 3 rings (SSSR count). The Bertz CT molecular complexity index is 593. The molecule has 1 aliphatic rings. The molecule has 0 bridgehead atoms. The average molecular weight is 223 g/mol. The fourth-order valence-electron chi connectivity index (χ4n) is 2.15. The summed E-state index contributed by atoms with van der Waals surface area (Å²) in [5.41, 5.74) is 0.771. The number of amides is 1. The number of rotatable bonds is 1. The summed E-state index contributed by atoms with van der Waals surface area (Å²) in [6.45, 7) is 1.46. The molecule has 0 N–H and O–H groups in total. The maximum Gasteiger partial charge on any atom is 0.254 e. The summed E-state index contributed by atoms with van der Waals surface area (Å²) in [7, 11) is 0. The highest BCUT2D eigenvalue weighted by Crippen LogP contribution is 2.17. The highest BCUT2D eigenvalue weighted by molar-refractivity contribution is 5.98.